The first-order chi connectivity index (χ1) is 19.5. The van der Waals surface area contributed by atoms with E-state index in [4.69, 9.17) is 9.73 Å². The first-order valence-electron chi connectivity index (χ1n) is 17.4. The minimum atomic E-state index is 0.299. The Kier molecular flexibility index (Phi) is 10.7. The summed E-state index contributed by atoms with van der Waals surface area (Å²) >= 11 is 0. The van der Waals surface area contributed by atoms with Crippen molar-refractivity contribution < 1.29 is 4.74 Å². The van der Waals surface area contributed by atoms with Crippen LogP contribution in [0.3, 0.4) is 0 Å². The van der Waals surface area contributed by atoms with Gasteiger partial charge in [0.15, 0.2) is 0 Å². The largest absolute Gasteiger partial charge is 0.489 e. The van der Waals surface area contributed by atoms with Gasteiger partial charge in [-0.2, -0.15) is 0 Å². The van der Waals surface area contributed by atoms with E-state index in [0.29, 0.717) is 18.1 Å². The van der Waals surface area contributed by atoms with Crippen LogP contribution in [0.15, 0.2) is 23.2 Å². The molecular weight excluding hydrogens is 488 g/mol. The molecule has 2 aromatic rings. The Morgan fingerprint density at radius 3 is 2.42 bits per heavy atom. The Morgan fingerprint density at radius 2 is 1.70 bits per heavy atom. The van der Waals surface area contributed by atoms with Crippen LogP contribution in [0, 0.1) is 23.7 Å². The molecule has 1 aliphatic heterocycles. The average molecular weight is 547 g/mol. The van der Waals surface area contributed by atoms with E-state index in [-0.39, 0.29) is 0 Å². The van der Waals surface area contributed by atoms with Crippen molar-refractivity contribution in [2.45, 2.75) is 155 Å². The highest BCUT2D eigenvalue weighted by atomic mass is 16.5. The molecule has 1 N–H and O–H groups in total. The maximum Gasteiger partial charge on any atom is 0.132 e. The molecule has 0 saturated heterocycles. The molecule has 1 aromatic heterocycles. The van der Waals surface area contributed by atoms with Crippen molar-refractivity contribution >= 4 is 16.6 Å². The van der Waals surface area contributed by atoms with Gasteiger partial charge in [-0.1, -0.05) is 111 Å². The molecule has 0 bridgehead atoms. The minimum Gasteiger partial charge on any atom is -0.489 e. The van der Waals surface area contributed by atoms with Gasteiger partial charge in [0.25, 0.3) is 0 Å². The van der Waals surface area contributed by atoms with Crippen molar-refractivity contribution in [2.75, 3.05) is 0 Å². The fourth-order valence-electron chi connectivity index (χ4n) is 7.94. The van der Waals surface area contributed by atoms with Gasteiger partial charge in [-0.15, -0.1) is 0 Å². The van der Waals surface area contributed by atoms with Crippen LogP contribution in [0.1, 0.15) is 148 Å². The van der Waals surface area contributed by atoms with E-state index < -0.39 is 0 Å². The van der Waals surface area contributed by atoms with E-state index in [1.54, 1.807) is 0 Å². The van der Waals surface area contributed by atoms with Crippen LogP contribution in [0.25, 0.3) is 10.9 Å². The molecule has 3 nitrogen and oxygen atoms in total. The Bertz CT molecular complexity index is 1080. The van der Waals surface area contributed by atoms with Crippen molar-refractivity contribution in [1.29, 1.82) is 0 Å². The summed E-state index contributed by atoms with van der Waals surface area (Å²) in [5.41, 5.74) is 5.03. The highest BCUT2D eigenvalue weighted by molar-refractivity contribution is 6.04. The first-order valence-corrected chi connectivity index (χ1v) is 17.4. The van der Waals surface area contributed by atoms with Gasteiger partial charge >= 0.3 is 0 Å². The molecule has 2 saturated carbocycles. The predicted octanol–water partition coefficient (Wildman–Crippen LogP) is 10.8. The Hall–Kier alpha value is -1.77. The molecule has 0 spiro atoms. The van der Waals surface area contributed by atoms with Gasteiger partial charge in [0, 0.05) is 17.3 Å². The second-order valence-electron chi connectivity index (χ2n) is 14.2. The van der Waals surface area contributed by atoms with Crippen molar-refractivity contribution in [3.63, 3.8) is 0 Å². The summed E-state index contributed by atoms with van der Waals surface area (Å²) in [7, 11) is 0. The molecule has 1 aromatic carbocycles. The second kappa shape index (κ2) is 14.4. The lowest BCUT2D eigenvalue weighted by atomic mass is 9.79. The van der Waals surface area contributed by atoms with Crippen molar-refractivity contribution in [2.24, 2.45) is 28.7 Å². The zero-order chi connectivity index (χ0) is 27.9. The fourth-order valence-corrected chi connectivity index (χ4v) is 7.94. The number of aromatic amines is 1. The summed E-state index contributed by atoms with van der Waals surface area (Å²) in [6.45, 7) is 9.36. The summed E-state index contributed by atoms with van der Waals surface area (Å²) in [6, 6.07) is 7.33. The van der Waals surface area contributed by atoms with E-state index in [2.05, 4.69) is 50.9 Å². The van der Waals surface area contributed by atoms with Crippen LogP contribution in [0.4, 0.5) is 0 Å². The van der Waals surface area contributed by atoms with Crippen LogP contribution < -0.4 is 4.74 Å². The van der Waals surface area contributed by atoms with Gasteiger partial charge in [-0.3, -0.25) is 4.99 Å². The number of unbranched alkanes of at least 4 members (excludes halogenated alkanes) is 1. The molecule has 5 rings (SSSR count). The minimum absolute atomic E-state index is 0.299. The number of nitrogens with one attached hydrogen (secondary N) is 1. The van der Waals surface area contributed by atoms with Crippen LogP contribution in [0.5, 0.6) is 5.75 Å². The standard InChI is InChI=1S/C37H58N2O/c1-5-13-34(35-25-32-33(39-35)23-20-30-24-36(26(2)3)40-37(30)32)38-31-21-18-28(19-22-31)15-12-11-14-27(4)29-16-9-7-6-8-10-17-29/h20,23,25-29,31,36,39H,5-19,21-22,24H2,1-4H3. The van der Waals surface area contributed by atoms with Gasteiger partial charge in [0.2, 0.25) is 0 Å². The third-order valence-corrected chi connectivity index (χ3v) is 10.7. The molecule has 0 radical (unpaired) electrons. The molecule has 2 unspecified atom stereocenters. The second-order valence-corrected chi connectivity index (χ2v) is 14.2. The van der Waals surface area contributed by atoms with Crippen molar-refractivity contribution in [3.05, 3.63) is 29.5 Å². The van der Waals surface area contributed by atoms with E-state index in [9.17, 15) is 0 Å². The van der Waals surface area contributed by atoms with Gasteiger partial charge in [-0.05, 0) is 73.5 Å². The van der Waals surface area contributed by atoms with E-state index in [1.807, 2.05) is 0 Å². The number of ether oxygens (including phenoxy) is 1. The maximum absolute atomic E-state index is 6.43. The van der Waals surface area contributed by atoms with Crippen molar-refractivity contribution in [3.8, 4) is 5.75 Å². The monoisotopic (exact) mass is 546 g/mol. The molecule has 2 atom stereocenters. The zero-order valence-electron chi connectivity index (χ0n) is 26.3. The lowest BCUT2D eigenvalue weighted by Gasteiger charge is -2.28. The van der Waals surface area contributed by atoms with E-state index >= 15 is 0 Å². The number of nitrogens with zero attached hydrogens (tertiary/aromatic N) is 1. The Balaban J connectivity index is 1.11. The molecule has 2 heterocycles. The summed E-state index contributed by atoms with van der Waals surface area (Å²) in [5, 5.41) is 1.24. The maximum atomic E-state index is 6.43. The molecule has 2 aliphatic carbocycles. The Labute approximate surface area is 245 Å². The van der Waals surface area contributed by atoms with Crippen LogP contribution in [-0.2, 0) is 6.42 Å². The van der Waals surface area contributed by atoms with Crippen LogP contribution in [-0.4, -0.2) is 22.8 Å². The Morgan fingerprint density at radius 1 is 0.950 bits per heavy atom. The smallest absolute Gasteiger partial charge is 0.132 e. The molecule has 0 amide bonds. The number of aliphatic imine (C=N–C) groups is 1. The summed E-state index contributed by atoms with van der Waals surface area (Å²) in [4.78, 5) is 9.11. The van der Waals surface area contributed by atoms with Crippen molar-refractivity contribution in [1.82, 2.24) is 4.98 Å². The van der Waals surface area contributed by atoms with Gasteiger partial charge in [-0.25, -0.2) is 0 Å². The topological polar surface area (TPSA) is 37.4 Å². The van der Waals surface area contributed by atoms with Gasteiger partial charge in [0.05, 0.1) is 17.4 Å². The fraction of sp³-hybridized carbons (Fsp3) is 0.757. The number of rotatable bonds is 11. The highest BCUT2D eigenvalue weighted by Gasteiger charge is 2.28. The van der Waals surface area contributed by atoms with E-state index in [0.717, 1.165) is 42.8 Å². The highest BCUT2D eigenvalue weighted by Crippen LogP contribution is 2.39. The summed E-state index contributed by atoms with van der Waals surface area (Å²) in [6.07, 6.45) is 25.0. The predicted molar refractivity (Wildman–Crippen MR) is 172 cm³/mol. The lowest BCUT2D eigenvalue weighted by molar-refractivity contribution is 0.180. The quantitative estimate of drug-likeness (QED) is 0.221. The zero-order valence-corrected chi connectivity index (χ0v) is 26.3. The van der Waals surface area contributed by atoms with Crippen LogP contribution >= 0.6 is 0 Å². The molecular formula is C37H58N2O. The third-order valence-electron chi connectivity index (χ3n) is 10.7. The SMILES string of the molecule is CCCC(=NC1CCC(CCCCC(C)C2CCCCCCC2)CC1)c1cc2c3c(ccc2[nH]1)CC(C(C)C)O3. The number of fused-ring (bicyclic) bond motifs is 3. The number of benzene rings is 1. The summed E-state index contributed by atoms with van der Waals surface area (Å²) in [5.74, 6) is 4.52. The number of hydrogen-bond acceptors (Lipinski definition) is 2. The van der Waals surface area contributed by atoms with E-state index in [1.165, 1.54) is 124 Å². The molecule has 3 heteroatoms. The third kappa shape index (κ3) is 7.54. The number of aromatic nitrogens is 1. The first kappa shape index (κ1) is 29.7. The molecule has 40 heavy (non-hydrogen) atoms. The molecule has 222 valence electrons. The normalized spacial score (nSPS) is 25.5. The molecule has 2 fully saturated rings. The average Bonchev–Trinajstić information content (AvgIpc) is 3.56. The molecule has 3 aliphatic rings. The van der Waals surface area contributed by atoms with Gasteiger partial charge in [0.1, 0.15) is 11.9 Å². The van der Waals surface area contributed by atoms with Crippen LogP contribution in [0.2, 0.25) is 0 Å². The lowest BCUT2D eigenvalue weighted by Crippen LogP contribution is -2.19. The van der Waals surface area contributed by atoms with Gasteiger partial charge < -0.3 is 9.72 Å². The number of hydrogen-bond donors (Lipinski definition) is 1. The number of H-pyrrole nitrogens is 1. The summed E-state index contributed by atoms with van der Waals surface area (Å²) < 4.78 is 6.43.